The molecule has 1 nitrogen and oxygen atoms in total. The van der Waals surface area contributed by atoms with E-state index in [0.29, 0.717) is 11.3 Å². The van der Waals surface area contributed by atoms with Gasteiger partial charge in [0.15, 0.2) is 0 Å². The SMILES string of the molecule is CC1(C)CC1C(O)c1cc(Br)sc1Br. The maximum atomic E-state index is 10.1. The van der Waals surface area contributed by atoms with Gasteiger partial charge in [0.1, 0.15) is 0 Å². The topological polar surface area (TPSA) is 20.2 Å². The van der Waals surface area contributed by atoms with Gasteiger partial charge in [0.05, 0.1) is 13.7 Å². The first-order valence-corrected chi connectivity index (χ1v) is 6.95. The Labute approximate surface area is 105 Å². The van der Waals surface area contributed by atoms with Crippen LogP contribution in [0.1, 0.15) is 31.9 Å². The second-order valence-corrected chi connectivity index (χ2v) is 8.27. The van der Waals surface area contributed by atoms with Crippen LogP contribution in [0.2, 0.25) is 0 Å². The zero-order valence-electron chi connectivity index (χ0n) is 8.05. The molecule has 0 aliphatic heterocycles. The zero-order chi connectivity index (χ0) is 10.5. The molecule has 4 heteroatoms. The highest BCUT2D eigenvalue weighted by Crippen LogP contribution is 2.58. The summed E-state index contributed by atoms with van der Waals surface area (Å²) in [6, 6.07) is 2.01. The van der Waals surface area contributed by atoms with Gasteiger partial charge in [-0.05, 0) is 55.7 Å². The molecule has 0 amide bonds. The highest BCUT2D eigenvalue weighted by molar-refractivity contribution is 9.12. The average molecular weight is 340 g/mol. The summed E-state index contributed by atoms with van der Waals surface area (Å²) in [7, 11) is 0. The Morgan fingerprint density at radius 1 is 1.57 bits per heavy atom. The van der Waals surface area contributed by atoms with Gasteiger partial charge in [-0.3, -0.25) is 0 Å². The van der Waals surface area contributed by atoms with E-state index in [1.54, 1.807) is 11.3 Å². The third-order valence-electron chi connectivity index (χ3n) is 2.97. The molecule has 0 radical (unpaired) electrons. The van der Waals surface area contributed by atoms with Gasteiger partial charge in [0, 0.05) is 5.56 Å². The van der Waals surface area contributed by atoms with Gasteiger partial charge in [0.25, 0.3) is 0 Å². The molecule has 0 saturated heterocycles. The highest BCUT2D eigenvalue weighted by Gasteiger charge is 2.50. The number of halogens is 2. The lowest BCUT2D eigenvalue weighted by molar-refractivity contribution is 0.138. The molecule has 1 aliphatic carbocycles. The monoisotopic (exact) mass is 338 g/mol. The largest absolute Gasteiger partial charge is 0.388 e. The number of aliphatic hydroxyl groups is 1. The minimum absolute atomic E-state index is 0.313. The van der Waals surface area contributed by atoms with Crippen LogP contribution >= 0.6 is 43.2 Å². The van der Waals surface area contributed by atoms with Crippen LogP contribution in [-0.2, 0) is 0 Å². The second kappa shape index (κ2) is 3.58. The van der Waals surface area contributed by atoms with Crippen molar-refractivity contribution in [2.75, 3.05) is 0 Å². The quantitative estimate of drug-likeness (QED) is 0.849. The molecule has 1 N–H and O–H groups in total. The van der Waals surface area contributed by atoms with Gasteiger partial charge >= 0.3 is 0 Å². The summed E-state index contributed by atoms with van der Waals surface area (Å²) in [5.41, 5.74) is 1.34. The van der Waals surface area contributed by atoms with Crippen LogP contribution in [0.15, 0.2) is 13.6 Å². The van der Waals surface area contributed by atoms with Crippen molar-refractivity contribution in [2.45, 2.75) is 26.4 Å². The van der Waals surface area contributed by atoms with E-state index < -0.39 is 0 Å². The standard InChI is InChI=1S/C10H12Br2OS/c1-10(2)4-6(10)8(13)5-3-7(11)14-9(5)12/h3,6,8,13H,4H2,1-2H3. The van der Waals surface area contributed by atoms with Crippen LogP contribution in [0.25, 0.3) is 0 Å². The summed E-state index contributed by atoms with van der Waals surface area (Å²) in [5.74, 6) is 0.417. The van der Waals surface area contributed by atoms with E-state index in [0.717, 1.165) is 19.6 Å². The first kappa shape index (κ1) is 11.1. The van der Waals surface area contributed by atoms with Gasteiger partial charge < -0.3 is 5.11 Å². The molecule has 2 unspecified atom stereocenters. The normalized spacial score (nSPS) is 26.2. The van der Waals surface area contributed by atoms with Crippen molar-refractivity contribution in [3.63, 3.8) is 0 Å². The Morgan fingerprint density at radius 3 is 2.50 bits per heavy atom. The summed E-state index contributed by atoms with van der Waals surface area (Å²) >= 11 is 8.52. The summed E-state index contributed by atoms with van der Waals surface area (Å²) < 4.78 is 2.11. The van der Waals surface area contributed by atoms with E-state index in [1.807, 2.05) is 6.07 Å². The highest BCUT2D eigenvalue weighted by atomic mass is 79.9. The molecule has 0 aromatic carbocycles. The minimum Gasteiger partial charge on any atom is -0.388 e. The van der Waals surface area contributed by atoms with Gasteiger partial charge in [-0.1, -0.05) is 13.8 Å². The van der Waals surface area contributed by atoms with Crippen molar-refractivity contribution < 1.29 is 5.11 Å². The van der Waals surface area contributed by atoms with Crippen molar-refractivity contribution in [1.82, 2.24) is 0 Å². The average Bonchev–Trinajstić information content (AvgIpc) is 2.55. The lowest BCUT2D eigenvalue weighted by Gasteiger charge is -2.11. The van der Waals surface area contributed by atoms with E-state index >= 15 is 0 Å². The molecule has 1 aromatic rings. The third-order valence-corrected chi connectivity index (χ3v) is 5.36. The number of thiophene rings is 1. The third kappa shape index (κ3) is 1.94. The molecule has 1 heterocycles. The summed E-state index contributed by atoms with van der Waals surface area (Å²) in [4.78, 5) is 0. The summed E-state index contributed by atoms with van der Waals surface area (Å²) in [6.45, 7) is 4.41. The zero-order valence-corrected chi connectivity index (χ0v) is 12.0. The molecule has 1 saturated carbocycles. The predicted octanol–water partition coefficient (Wildman–Crippen LogP) is 4.35. The molecule has 0 spiro atoms. The molecule has 14 heavy (non-hydrogen) atoms. The van der Waals surface area contributed by atoms with E-state index in [-0.39, 0.29) is 6.10 Å². The van der Waals surface area contributed by atoms with E-state index in [2.05, 4.69) is 45.7 Å². The fraction of sp³-hybridized carbons (Fsp3) is 0.600. The van der Waals surface area contributed by atoms with Crippen LogP contribution in [0.5, 0.6) is 0 Å². The van der Waals surface area contributed by atoms with Crippen LogP contribution in [0.4, 0.5) is 0 Å². The molecular weight excluding hydrogens is 328 g/mol. The van der Waals surface area contributed by atoms with Crippen molar-refractivity contribution in [2.24, 2.45) is 11.3 Å². The Hall–Kier alpha value is 0.620. The lowest BCUT2D eigenvalue weighted by Crippen LogP contribution is -2.03. The van der Waals surface area contributed by atoms with Crippen LogP contribution in [0, 0.1) is 11.3 Å². The van der Waals surface area contributed by atoms with Crippen LogP contribution in [0.3, 0.4) is 0 Å². The number of hydrogen-bond donors (Lipinski definition) is 1. The summed E-state index contributed by atoms with van der Waals surface area (Å²) in [6.07, 6.45) is 0.801. The van der Waals surface area contributed by atoms with Gasteiger partial charge in [0.2, 0.25) is 0 Å². The van der Waals surface area contributed by atoms with E-state index in [9.17, 15) is 5.11 Å². The molecule has 1 aliphatic rings. The fourth-order valence-corrected chi connectivity index (χ4v) is 4.73. The number of hydrogen-bond acceptors (Lipinski definition) is 2. The van der Waals surface area contributed by atoms with Gasteiger partial charge in [-0.2, -0.15) is 0 Å². The lowest BCUT2D eigenvalue weighted by atomic mass is 10.0. The minimum atomic E-state index is -0.318. The second-order valence-electron chi connectivity index (χ2n) is 4.52. The summed E-state index contributed by atoms with van der Waals surface area (Å²) in [5, 5.41) is 10.1. The first-order chi connectivity index (χ1) is 6.42. The fourth-order valence-electron chi connectivity index (χ4n) is 1.82. The molecule has 1 fully saturated rings. The maximum Gasteiger partial charge on any atom is 0.0843 e. The van der Waals surface area contributed by atoms with Crippen LogP contribution in [-0.4, -0.2) is 5.11 Å². The van der Waals surface area contributed by atoms with Gasteiger partial charge in [-0.25, -0.2) is 0 Å². The number of aliphatic hydroxyl groups excluding tert-OH is 1. The Bertz CT molecular complexity index is 359. The Morgan fingerprint density at radius 2 is 2.14 bits per heavy atom. The Kier molecular flexibility index (Phi) is 2.84. The molecular formula is C10H12Br2OS. The van der Waals surface area contributed by atoms with Gasteiger partial charge in [-0.15, -0.1) is 11.3 Å². The van der Waals surface area contributed by atoms with Crippen molar-refractivity contribution in [3.05, 3.63) is 19.2 Å². The number of rotatable bonds is 2. The molecule has 2 rings (SSSR count). The predicted molar refractivity (Wildman–Crippen MR) is 66.6 cm³/mol. The molecule has 2 atom stereocenters. The Balaban J connectivity index is 2.20. The van der Waals surface area contributed by atoms with Crippen LogP contribution < -0.4 is 0 Å². The van der Waals surface area contributed by atoms with Crippen molar-refractivity contribution >= 4 is 43.2 Å². The smallest absolute Gasteiger partial charge is 0.0843 e. The molecule has 1 aromatic heterocycles. The van der Waals surface area contributed by atoms with Crippen molar-refractivity contribution in [1.29, 1.82) is 0 Å². The first-order valence-electron chi connectivity index (χ1n) is 4.54. The van der Waals surface area contributed by atoms with Crippen molar-refractivity contribution in [3.8, 4) is 0 Å². The molecule has 0 bridgehead atoms. The molecule has 78 valence electrons. The van der Waals surface area contributed by atoms with E-state index in [4.69, 9.17) is 0 Å². The maximum absolute atomic E-state index is 10.1. The van der Waals surface area contributed by atoms with E-state index in [1.165, 1.54) is 0 Å².